The zero-order valence-corrected chi connectivity index (χ0v) is 6.69. The quantitative estimate of drug-likeness (QED) is 0.533. The lowest BCUT2D eigenvalue weighted by molar-refractivity contribution is -0.715. The van der Waals surface area contributed by atoms with Gasteiger partial charge >= 0.3 is 0 Å². The van der Waals surface area contributed by atoms with Crippen LogP contribution in [0.5, 0.6) is 0 Å². The fraction of sp³-hybridized carbons (Fsp3) is 0. The number of hydrogen-bond donors (Lipinski definition) is 1. The van der Waals surface area contributed by atoms with Crippen molar-refractivity contribution >= 4 is 28.9 Å². The Morgan fingerprint density at radius 2 is 2.00 bits per heavy atom. The third-order valence-corrected chi connectivity index (χ3v) is 1.56. The summed E-state index contributed by atoms with van der Waals surface area (Å²) in [5.41, 5.74) is -0.156. The van der Waals surface area contributed by atoms with E-state index in [1.54, 1.807) is 0 Å². The molecule has 0 aliphatic carbocycles. The first kappa shape index (κ1) is 8.70. The lowest BCUT2D eigenvalue weighted by atomic mass is 10.4. The fourth-order valence-electron chi connectivity index (χ4n) is 0.558. The predicted molar refractivity (Wildman–Crippen MR) is 41.6 cm³/mol. The van der Waals surface area contributed by atoms with Crippen molar-refractivity contribution in [1.82, 2.24) is 4.98 Å². The average Bonchev–Trinajstić information content (AvgIpc) is 1.85. The normalized spacial score (nSPS) is 10.6. The molecule has 0 radical (unpaired) electrons. The Morgan fingerprint density at radius 3 is 2.45 bits per heavy atom. The molecule has 0 aliphatic rings. The van der Waals surface area contributed by atoms with Gasteiger partial charge in [-0.2, -0.15) is 0 Å². The lowest BCUT2D eigenvalue weighted by Crippen LogP contribution is -2.96. The van der Waals surface area contributed by atoms with Crippen LogP contribution < -0.4 is 5.23 Å². The number of rotatable bonds is 1. The van der Waals surface area contributed by atoms with Gasteiger partial charge in [-0.15, -0.1) is 0 Å². The van der Waals surface area contributed by atoms with Crippen molar-refractivity contribution in [1.29, 1.82) is 0 Å². The first-order valence-electron chi connectivity index (χ1n) is 2.63. The number of pyridine rings is 1. The van der Waals surface area contributed by atoms with E-state index in [0.717, 1.165) is 6.20 Å². The number of hydrogen-bond acceptors (Lipinski definition) is 3. The summed E-state index contributed by atoms with van der Waals surface area (Å²) in [6, 6.07) is 1.24. The Labute approximate surface area is 72.5 Å². The molecule has 0 saturated heterocycles. The van der Waals surface area contributed by atoms with Gasteiger partial charge < -0.3 is 15.6 Å². The number of nitrogens with one attached hydrogen (secondary N) is 1. The molecule has 1 rings (SSSR count). The highest BCUT2D eigenvalue weighted by atomic mass is 35.5. The molecule has 0 unspecified atom stereocenters. The summed E-state index contributed by atoms with van der Waals surface area (Å²) in [7, 11) is 0. The van der Waals surface area contributed by atoms with Crippen molar-refractivity contribution in [2.45, 2.75) is 0 Å². The molecule has 0 amide bonds. The van der Waals surface area contributed by atoms with Gasteiger partial charge in [0.15, 0.2) is 5.69 Å². The first-order chi connectivity index (χ1) is 5.11. The number of nitrogens with zero attached hydrogens (tertiary/aromatic N) is 1. The van der Waals surface area contributed by atoms with Gasteiger partial charge in [0.2, 0.25) is 0 Å². The van der Waals surface area contributed by atoms with Gasteiger partial charge in [0.25, 0.3) is 0 Å². The third kappa shape index (κ3) is 2.02. The zero-order chi connectivity index (χ0) is 8.43. The van der Waals surface area contributed by atoms with E-state index in [9.17, 15) is 10.4 Å². The monoisotopic (exact) mass is 193 g/mol. The molecule has 1 N–H and O–H groups in total. The number of quaternary nitrogens is 1. The van der Waals surface area contributed by atoms with Crippen LogP contribution in [0.15, 0.2) is 12.3 Å². The maximum atomic E-state index is 10.3. The Kier molecular flexibility index (Phi) is 2.64. The maximum absolute atomic E-state index is 10.3. The summed E-state index contributed by atoms with van der Waals surface area (Å²) in [6.45, 7) is 0. The lowest BCUT2D eigenvalue weighted by Gasteiger charge is -2.24. The van der Waals surface area contributed by atoms with Crippen molar-refractivity contribution in [3.8, 4) is 0 Å². The third-order valence-electron chi connectivity index (χ3n) is 1.04. The predicted octanol–water partition coefficient (Wildman–Crippen LogP) is 0.900. The van der Waals surface area contributed by atoms with E-state index < -0.39 is 5.23 Å². The van der Waals surface area contributed by atoms with Crippen molar-refractivity contribution < 1.29 is 5.23 Å². The summed E-state index contributed by atoms with van der Waals surface area (Å²) in [5, 5.41) is 19.3. The van der Waals surface area contributed by atoms with Crippen molar-refractivity contribution in [3.05, 3.63) is 32.9 Å². The van der Waals surface area contributed by atoms with Crippen LogP contribution in [-0.2, 0) is 0 Å². The van der Waals surface area contributed by atoms with Gasteiger partial charge in [-0.25, -0.2) is 4.98 Å². The summed E-state index contributed by atoms with van der Waals surface area (Å²) >= 11 is 10.9. The molecule has 0 aliphatic heterocycles. The molecule has 1 aromatic heterocycles. The molecule has 11 heavy (non-hydrogen) atoms. The minimum atomic E-state index is -1.36. The van der Waals surface area contributed by atoms with E-state index in [2.05, 4.69) is 4.98 Å². The summed E-state index contributed by atoms with van der Waals surface area (Å²) in [5.74, 6) is 0. The number of aromatic nitrogens is 1. The Bertz CT molecular complexity index is 267. The molecule has 1 heterocycles. The van der Waals surface area contributed by atoms with Gasteiger partial charge in [0, 0.05) is 6.07 Å². The second-order valence-corrected chi connectivity index (χ2v) is 2.57. The van der Waals surface area contributed by atoms with Crippen LogP contribution in [0.4, 0.5) is 5.69 Å². The zero-order valence-electron chi connectivity index (χ0n) is 5.17. The Morgan fingerprint density at radius 1 is 1.36 bits per heavy atom. The Hall–Kier alpha value is -0.390. The smallest absolute Gasteiger partial charge is 0.168 e. The molecule has 0 spiro atoms. The largest absolute Gasteiger partial charge is 0.628 e. The SMILES string of the molecule is [O-][NH+]([O-])c1cnc(Cl)cc1Cl. The molecule has 0 aromatic carbocycles. The van der Waals surface area contributed by atoms with Gasteiger partial charge in [0.05, 0.1) is 6.20 Å². The molecule has 0 saturated carbocycles. The van der Waals surface area contributed by atoms with Crippen LogP contribution in [0.25, 0.3) is 0 Å². The van der Waals surface area contributed by atoms with Crippen LogP contribution >= 0.6 is 23.2 Å². The van der Waals surface area contributed by atoms with Gasteiger partial charge in [-0.1, -0.05) is 23.2 Å². The minimum Gasteiger partial charge on any atom is -0.628 e. The molecule has 4 nitrogen and oxygen atoms in total. The van der Waals surface area contributed by atoms with E-state index in [1.165, 1.54) is 6.07 Å². The highest BCUT2D eigenvalue weighted by molar-refractivity contribution is 6.35. The highest BCUT2D eigenvalue weighted by Crippen LogP contribution is 2.19. The molecule has 1 aromatic rings. The van der Waals surface area contributed by atoms with E-state index >= 15 is 0 Å². The molecular formula is C5H3Cl2N2O2-. The first-order valence-corrected chi connectivity index (χ1v) is 3.39. The van der Waals surface area contributed by atoms with Crippen LogP contribution in [0.3, 0.4) is 0 Å². The van der Waals surface area contributed by atoms with Crippen molar-refractivity contribution in [3.63, 3.8) is 0 Å². The second kappa shape index (κ2) is 3.34. The summed E-state index contributed by atoms with van der Waals surface area (Å²) in [4.78, 5) is 3.52. The molecule has 0 atom stereocenters. The van der Waals surface area contributed by atoms with Gasteiger partial charge in [-0.3, -0.25) is 0 Å². The standard InChI is InChI=1S/C5H3Cl2N2O2/c6-3-1-5(7)8-2-4(3)9(10)11/h1-2,9H/q-1. The van der Waals surface area contributed by atoms with Crippen LogP contribution in [-0.4, -0.2) is 4.98 Å². The topological polar surface area (TPSA) is 63.5 Å². The fourth-order valence-corrected chi connectivity index (χ4v) is 1.00. The second-order valence-electron chi connectivity index (χ2n) is 1.77. The van der Waals surface area contributed by atoms with E-state index in [-0.39, 0.29) is 15.9 Å². The number of halogens is 2. The van der Waals surface area contributed by atoms with Crippen LogP contribution in [0.2, 0.25) is 10.2 Å². The van der Waals surface area contributed by atoms with Crippen molar-refractivity contribution in [2.24, 2.45) is 0 Å². The average molecular weight is 194 g/mol. The maximum Gasteiger partial charge on any atom is 0.168 e. The molecular weight excluding hydrogens is 191 g/mol. The van der Waals surface area contributed by atoms with E-state index in [4.69, 9.17) is 23.2 Å². The van der Waals surface area contributed by atoms with Gasteiger partial charge in [-0.05, 0) is 0 Å². The van der Waals surface area contributed by atoms with Crippen molar-refractivity contribution in [2.75, 3.05) is 0 Å². The van der Waals surface area contributed by atoms with Crippen LogP contribution in [0.1, 0.15) is 0 Å². The van der Waals surface area contributed by atoms with E-state index in [0.29, 0.717) is 0 Å². The molecule has 0 bridgehead atoms. The van der Waals surface area contributed by atoms with Gasteiger partial charge in [0.1, 0.15) is 10.2 Å². The molecule has 0 fully saturated rings. The molecule has 60 valence electrons. The minimum absolute atomic E-state index is 0.0324. The highest BCUT2D eigenvalue weighted by Gasteiger charge is 2.03. The van der Waals surface area contributed by atoms with Crippen LogP contribution in [0, 0.1) is 10.4 Å². The Balaban J connectivity index is 3.09. The van der Waals surface area contributed by atoms with E-state index in [1.807, 2.05) is 0 Å². The summed E-state index contributed by atoms with van der Waals surface area (Å²) in [6.07, 6.45) is 1.06. The summed E-state index contributed by atoms with van der Waals surface area (Å²) < 4.78 is 0. The molecule has 6 heteroatoms.